The molecule has 0 atom stereocenters. The van der Waals surface area contributed by atoms with E-state index in [4.69, 9.17) is 11.6 Å². The van der Waals surface area contributed by atoms with Crippen LogP contribution >= 0.6 is 11.6 Å². The van der Waals surface area contributed by atoms with Crippen LogP contribution in [0.3, 0.4) is 0 Å². The van der Waals surface area contributed by atoms with E-state index < -0.39 is 0 Å². The van der Waals surface area contributed by atoms with Gasteiger partial charge in [-0.15, -0.1) is 0 Å². The molecular weight excluding hydrogens is 252 g/mol. The molecule has 0 aliphatic heterocycles. The summed E-state index contributed by atoms with van der Waals surface area (Å²) in [6.07, 6.45) is 0.698. The van der Waals surface area contributed by atoms with E-state index in [2.05, 4.69) is 15.1 Å². The molecule has 0 unspecified atom stereocenters. The molecule has 3 aromatic rings. The summed E-state index contributed by atoms with van der Waals surface area (Å²) in [5.41, 5.74) is 2.68. The topological polar surface area (TPSA) is 63.6 Å². The fourth-order valence-electron chi connectivity index (χ4n) is 1.83. The predicted molar refractivity (Wildman–Crippen MR) is 68.4 cm³/mol. The van der Waals surface area contributed by atoms with Gasteiger partial charge < -0.3 is 4.98 Å². The molecule has 0 saturated heterocycles. The summed E-state index contributed by atoms with van der Waals surface area (Å²) >= 11 is 6.10. The number of hydrogen-bond acceptors (Lipinski definition) is 3. The van der Waals surface area contributed by atoms with Gasteiger partial charge in [-0.2, -0.15) is 9.78 Å². The molecule has 0 bridgehead atoms. The highest BCUT2D eigenvalue weighted by atomic mass is 35.5. The van der Waals surface area contributed by atoms with Gasteiger partial charge in [0.1, 0.15) is 5.15 Å². The molecule has 0 radical (unpaired) electrons. The van der Waals surface area contributed by atoms with Gasteiger partial charge >= 0.3 is 0 Å². The summed E-state index contributed by atoms with van der Waals surface area (Å²) in [7, 11) is 0. The average Bonchev–Trinajstić information content (AvgIpc) is 2.90. The molecule has 3 rings (SSSR count). The normalized spacial score (nSPS) is 11.0. The second kappa shape index (κ2) is 3.96. The van der Waals surface area contributed by atoms with Crippen molar-refractivity contribution in [1.29, 1.82) is 0 Å². The van der Waals surface area contributed by atoms with Crippen LogP contribution in [0.1, 0.15) is 16.1 Å². The molecule has 0 saturated carbocycles. The molecule has 1 aromatic carbocycles. The lowest BCUT2D eigenvalue weighted by molar-refractivity contribution is 0.112. The van der Waals surface area contributed by atoms with Gasteiger partial charge in [0.05, 0.1) is 22.3 Å². The number of carbonyl (C=O) groups is 1. The Balaban J connectivity index is 2.23. The average molecular weight is 261 g/mol. The van der Waals surface area contributed by atoms with Gasteiger partial charge in [-0.05, 0) is 19.1 Å². The summed E-state index contributed by atoms with van der Waals surface area (Å²) in [4.78, 5) is 18.4. The maximum atomic E-state index is 10.9. The van der Waals surface area contributed by atoms with Gasteiger partial charge in [-0.25, -0.2) is 4.98 Å². The Hall–Kier alpha value is -2.14. The summed E-state index contributed by atoms with van der Waals surface area (Å²) in [5, 5.41) is 4.47. The van der Waals surface area contributed by atoms with E-state index in [9.17, 15) is 4.79 Å². The van der Waals surface area contributed by atoms with Crippen LogP contribution in [0.5, 0.6) is 0 Å². The van der Waals surface area contributed by atoms with Crippen molar-refractivity contribution >= 4 is 28.9 Å². The second-order valence-corrected chi connectivity index (χ2v) is 4.26. The van der Waals surface area contributed by atoms with Crippen LogP contribution in [0.15, 0.2) is 24.3 Å². The van der Waals surface area contributed by atoms with Crippen molar-refractivity contribution in [2.45, 2.75) is 6.92 Å². The molecule has 0 spiro atoms. The molecule has 6 heteroatoms. The zero-order valence-corrected chi connectivity index (χ0v) is 10.3. The fraction of sp³-hybridized carbons (Fsp3) is 0.0833. The number of rotatable bonds is 2. The zero-order chi connectivity index (χ0) is 12.7. The monoisotopic (exact) mass is 260 g/mol. The highest BCUT2D eigenvalue weighted by Crippen LogP contribution is 2.22. The number of aromatic amines is 1. The van der Waals surface area contributed by atoms with E-state index >= 15 is 0 Å². The number of nitrogens with zero attached hydrogens (tertiary/aromatic N) is 3. The lowest BCUT2D eigenvalue weighted by atomic mass is 10.3. The van der Waals surface area contributed by atoms with Crippen LogP contribution in [0.2, 0.25) is 5.15 Å². The molecule has 90 valence electrons. The largest absolute Gasteiger partial charge is 0.322 e. The van der Waals surface area contributed by atoms with E-state index in [0.29, 0.717) is 23.5 Å². The third-order valence-electron chi connectivity index (χ3n) is 2.74. The SMILES string of the molecule is Cc1nn(-c2nc3ccccc3[nH]2)c(Cl)c1C=O. The van der Waals surface area contributed by atoms with Gasteiger partial charge in [0.15, 0.2) is 6.29 Å². The van der Waals surface area contributed by atoms with Crippen molar-refractivity contribution < 1.29 is 4.79 Å². The fourth-order valence-corrected chi connectivity index (χ4v) is 2.12. The quantitative estimate of drug-likeness (QED) is 0.720. The number of carbonyl (C=O) groups excluding carboxylic acids is 1. The first-order valence-corrected chi connectivity index (χ1v) is 5.74. The third-order valence-corrected chi connectivity index (χ3v) is 3.11. The first kappa shape index (κ1) is 11.0. The highest BCUT2D eigenvalue weighted by Gasteiger charge is 2.16. The summed E-state index contributed by atoms with van der Waals surface area (Å²) in [5.74, 6) is 0.498. The summed E-state index contributed by atoms with van der Waals surface area (Å²) in [6.45, 7) is 1.73. The number of fused-ring (bicyclic) bond motifs is 1. The number of H-pyrrole nitrogens is 1. The number of benzene rings is 1. The molecule has 0 fully saturated rings. The Morgan fingerprint density at radius 2 is 2.17 bits per heavy atom. The molecular formula is C12H9ClN4O. The second-order valence-electron chi connectivity index (χ2n) is 3.90. The minimum absolute atomic E-state index is 0.265. The number of halogens is 1. The van der Waals surface area contributed by atoms with Crippen molar-refractivity contribution in [3.63, 3.8) is 0 Å². The van der Waals surface area contributed by atoms with Gasteiger partial charge in [0, 0.05) is 0 Å². The Morgan fingerprint density at radius 1 is 1.39 bits per heavy atom. The van der Waals surface area contributed by atoms with Crippen LogP contribution in [-0.2, 0) is 0 Å². The van der Waals surface area contributed by atoms with Crippen LogP contribution in [0.4, 0.5) is 0 Å². The van der Waals surface area contributed by atoms with Gasteiger partial charge in [0.25, 0.3) is 0 Å². The number of aldehydes is 1. The molecule has 0 aliphatic carbocycles. The molecule has 2 aromatic heterocycles. The van der Waals surface area contributed by atoms with Crippen LogP contribution in [-0.4, -0.2) is 26.0 Å². The number of aromatic nitrogens is 4. The van der Waals surface area contributed by atoms with E-state index in [1.165, 1.54) is 4.68 Å². The van der Waals surface area contributed by atoms with Crippen LogP contribution in [0, 0.1) is 6.92 Å². The van der Waals surface area contributed by atoms with Gasteiger partial charge in [-0.3, -0.25) is 4.79 Å². The molecule has 5 nitrogen and oxygen atoms in total. The third kappa shape index (κ3) is 1.52. The smallest absolute Gasteiger partial charge is 0.230 e. The maximum absolute atomic E-state index is 10.9. The van der Waals surface area contributed by atoms with Crippen molar-refractivity contribution in [3.8, 4) is 5.95 Å². The standard InChI is InChI=1S/C12H9ClN4O/c1-7-8(6-18)11(13)17(16-7)12-14-9-4-2-3-5-10(9)15-12/h2-6H,1H3,(H,14,15). The maximum Gasteiger partial charge on any atom is 0.230 e. The molecule has 0 amide bonds. The van der Waals surface area contributed by atoms with E-state index in [1.807, 2.05) is 24.3 Å². The van der Waals surface area contributed by atoms with E-state index in [1.54, 1.807) is 6.92 Å². The minimum atomic E-state index is 0.265. The van der Waals surface area contributed by atoms with Crippen molar-refractivity contribution in [2.24, 2.45) is 0 Å². The number of hydrogen-bond donors (Lipinski definition) is 1. The first-order valence-electron chi connectivity index (χ1n) is 5.36. The first-order chi connectivity index (χ1) is 8.70. The molecule has 1 N–H and O–H groups in total. The minimum Gasteiger partial charge on any atom is -0.322 e. The highest BCUT2D eigenvalue weighted by molar-refractivity contribution is 6.32. The van der Waals surface area contributed by atoms with Crippen molar-refractivity contribution in [2.75, 3.05) is 0 Å². The summed E-state index contributed by atoms with van der Waals surface area (Å²) < 4.78 is 1.43. The van der Waals surface area contributed by atoms with E-state index in [-0.39, 0.29) is 5.15 Å². The van der Waals surface area contributed by atoms with Crippen LogP contribution in [0.25, 0.3) is 17.0 Å². The predicted octanol–water partition coefficient (Wildman–Crippen LogP) is 2.52. The van der Waals surface area contributed by atoms with E-state index in [0.717, 1.165) is 11.0 Å². The Bertz CT molecular complexity index is 711. The molecule has 2 heterocycles. The van der Waals surface area contributed by atoms with Crippen molar-refractivity contribution in [1.82, 2.24) is 19.7 Å². The molecule has 0 aliphatic rings. The molecule has 18 heavy (non-hydrogen) atoms. The lowest BCUT2D eigenvalue weighted by Crippen LogP contribution is -1.99. The number of para-hydroxylation sites is 2. The van der Waals surface area contributed by atoms with Crippen molar-refractivity contribution in [3.05, 3.63) is 40.7 Å². The Morgan fingerprint density at radius 3 is 2.83 bits per heavy atom. The number of nitrogens with one attached hydrogen (secondary N) is 1. The zero-order valence-electron chi connectivity index (χ0n) is 9.51. The lowest BCUT2D eigenvalue weighted by Gasteiger charge is -1.96. The van der Waals surface area contributed by atoms with Gasteiger partial charge in [-0.1, -0.05) is 23.7 Å². The Kier molecular flexibility index (Phi) is 2.41. The Labute approximate surface area is 107 Å². The number of imidazole rings is 1. The van der Waals surface area contributed by atoms with Crippen LogP contribution < -0.4 is 0 Å². The number of aryl methyl sites for hydroxylation is 1. The summed E-state index contributed by atoms with van der Waals surface area (Å²) in [6, 6.07) is 7.62. The van der Waals surface area contributed by atoms with Gasteiger partial charge in [0.2, 0.25) is 5.95 Å².